The van der Waals surface area contributed by atoms with E-state index in [4.69, 9.17) is 16.3 Å². The van der Waals surface area contributed by atoms with Crippen LogP contribution >= 0.6 is 24.2 Å². The van der Waals surface area contributed by atoms with Crippen LogP contribution in [0.5, 0.6) is 0 Å². The van der Waals surface area contributed by atoms with Gasteiger partial charge in [-0.3, -0.25) is 5.32 Å². The molecule has 0 aliphatic heterocycles. The standard InChI is InChI=1S/C13H18ClNO2S/c1-13(2,3)17-12(16)15-11-8-9(6-7-18)4-5-10(11)14/h4-5,8,18H,6-7H2,1-3H3,(H,15,16). The van der Waals surface area contributed by atoms with Gasteiger partial charge in [-0.15, -0.1) is 0 Å². The van der Waals surface area contributed by atoms with Crippen molar-refractivity contribution in [1.82, 2.24) is 0 Å². The van der Waals surface area contributed by atoms with Gasteiger partial charge < -0.3 is 4.74 Å². The Balaban J connectivity index is 2.77. The van der Waals surface area contributed by atoms with E-state index in [-0.39, 0.29) is 0 Å². The summed E-state index contributed by atoms with van der Waals surface area (Å²) in [4.78, 5) is 11.6. The van der Waals surface area contributed by atoms with Crippen LogP contribution in [0.4, 0.5) is 10.5 Å². The van der Waals surface area contributed by atoms with Gasteiger partial charge in [0.2, 0.25) is 0 Å². The van der Waals surface area contributed by atoms with Crippen molar-refractivity contribution in [3.05, 3.63) is 28.8 Å². The Morgan fingerprint density at radius 1 is 1.44 bits per heavy atom. The van der Waals surface area contributed by atoms with Crippen molar-refractivity contribution in [3.8, 4) is 0 Å². The second-order valence-corrected chi connectivity index (χ2v) is 5.77. The number of hydrogen-bond donors (Lipinski definition) is 2. The lowest BCUT2D eigenvalue weighted by atomic mass is 10.1. The molecule has 0 saturated heterocycles. The van der Waals surface area contributed by atoms with E-state index in [0.717, 1.165) is 17.7 Å². The summed E-state index contributed by atoms with van der Waals surface area (Å²) < 4.78 is 5.17. The molecule has 1 amide bonds. The fourth-order valence-electron chi connectivity index (χ4n) is 1.37. The summed E-state index contributed by atoms with van der Waals surface area (Å²) in [6, 6.07) is 5.51. The van der Waals surface area contributed by atoms with E-state index in [1.807, 2.05) is 32.9 Å². The molecule has 1 N–H and O–H groups in total. The molecule has 0 fully saturated rings. The first-order valence-electron chi connectivity index (χ1n) is 5.71. The number of aryl methyl sites for hydroxylation is 1. The predicted octanol–water partition coefficient (Wildman–Crippen LogP) is 4.16. The summed E-state index contributed by atoms with van der Waals surface area (Å²) in [5, 5.41) is 3.14. The maximum atomic E-state index is 11.6. The topological polar surface area (TPSA) is 38.3 Å². The maximum absolute atomic E-state index is 11.6. The summed E-state index contributed by atoms with van der Waals surface area (Å²) in [5.41, 5.74) is 1.10. The van der Waals surface area contributed by atoms with Crippen molar-refractivity contribution in [2.75, 3.05) is 11.1 Å². The van der Waals surface area contributed by atoms with Gasteiger partial charge in [-0.05, 0) is 50.6 Å². The van der Waals surface area contributed by atoms with Crippen LogP contribution in [0.2, 0.25) is 5.02 Å². The number of benzene rings is 1. The first-order valence-corrected chi connectivity index (χ1v) is 6.72. The molecule has 0 aromatic heterocycles. The molecular weight excluding hydrogens is 270 g/mol. The van der Waals surface area contributed by atoms with Crippen LogP contribution in [0.1, 0.15) is 26.3 Å². The molecular formula is C13H18ClNO2S. The smallest absolute Gasteiger partial charge is 0.412 e. The number of rotatable bonds is 3. The van der Waals surface area contributed by atoms with E-state index in [1.165, 1.54) is 0 Å². The Hall–Kier alpha value is -0.870. The van der Waals surface area contributed by atoms with Crippen LogP contribution < -0.4 is 5.32 Å². The Morgan fingerprint density at radius 2 is 2.11 bits per heavy atom. The Morgan fingerprint density at radius 3 is 2.67 bits per heavy atom. The molecule has 0 atom stereocenters. The van der Waals surface area contributed by atoms with Crippen molar-refractivity contribution in [1.29, 1.82) is 0 Å². The Kier molecular flexibility index (Phi) is 5.35. The zero-order valence-electron chi connectivity index (χ0n) is 10.8. The molecule has 1 aromatic carbocycles. The van der Waals surface area contributed by atoms with Crippen LogP contribution in [0, 0.1) is 0 Å². The highest BCUT2D eigenvalue weighted by Crippen LogP contribution is 2.24. The average Bonchev–Trinajstić information content (AvgIpc) is 2.20. The van der Waals surface area contributed by atoms with Crippen LogP contribution in [0.15, 0.2) is 18.2 Å². The molecule has 0 saturated carbocycles. The van der Waals surface area contributed by atoms with Gasteiger partial charge in [-0.25, -0.2) is 4.79 Å². The van der Waals surface area contributed by atoms with Crippen LogP contribution in [-0.4, -0.2) is 17.4 Å². The van der Waals surface area contributed by atoms with E-state index >= 15 is 0 Å². The number of carbonyl (C=O) groups excluding carboxylic acids is 1. The first kappa shape index (κ1) is 15.2. The van der Waals surface area contributed by atoms with Crippen molar-refractivity contribution in [2.45, 2.75) is 32.8 Å². The van der Waals surface area contributed by atoms with E-state index in [2.05, 4.69) is 17.9 Å². The maximum Gasteiger partial charge on any atom is 0.412 e. The largest absolute Gasteiger partial charge is 0.444 e. The number of nitrogens with one attached hydrogen (secondary N) is 1. The van der Waals surface area contributed by atoms with E-state index < -0.39 is 11.7 Å². The molecule has 0 spiro atoms. The lowest BCUT2D eigenvalue weighted by molar-refractivity contribution is 0.0636. The lowest BCUT2D eigenvalue weighted by Crippen LogP contribution is -2.27. The number of amides is 1. The average molecular weight is 288 g/mol. The normalized spacial score (nSPS) is 11.2. The van der Waals surface area contributed by atoms with Gasteiger partial charge in [0.15, 0.2) is 0 Å². The Bertz CT molecular complexity index is 429. The zero-order chi connectivity index (χ0) is 13.8. The van der Waals surface area contributed by atoms with E-state index in [0.29, 0.717) is 10.7 Å². The van der Waals surface area contributed by atoms with Gasteiger partial charge in [0.1, 0.15) is 5.60 Å². The number of halogens is 1. The van der Waals surface area contributed by atoms with Crippen molar-refractivity contribution < 1.29 is 9.53 Å². The van der Waals surface area contributed by atoms with Gasteiger partial charge in [0.05, 0.1) is 10.7 Å². The third-order valence-corrected chi connectivity index (χ3v) is 2.62. The summed E-state index contributed by atoms with van der Waals surface area (Å²) in [6.45, 7) is 5.43. The first-order chi connectivity index (χ1) is 8.31. The second kappa shape index (κ2) is 6.34. The summed E-state index contributed by atoms with van der Waals surface area (Å²) in [6.07, 6.45) is 0.316. The molecule has 1 rings (SSSR count). The van der Waals surface area contributed by atoms with Crippen LogP contribution in [-0.2, 0) is 11.2 Å². The van der Waals surface area contributed by atoms with Crippen LogP contribution in [0.3, 0.4) is 0 Å². The van der Waals surface area contributed by atoms with Crippen molar-refractivity contribution in [2.24, 2.45) is 0 Å². The minimum Gasteiger partial charge on any atom is -0.444 e. The molecule has 0 radical (unpaired) electrons. The molecule has 0 bridgehead atoms. The molecule has 0 heterocycles. The highest BCUT2D eigenvalue weighted by atomic mass is 35.5. The second-order valence-electron chi connectivity index (χ2n) is 4.91. The molecule has 0 unspecified atom stereocenters. The van der Waals surface area contributed by atoms with Gasteiger partial charge in [0, 0.05) is 0 Å². The quantitative estimate of drug-likeness (QED) is 0.819. The van der Waals surface area contributed by atoms with Gasteiger partial charge in [0.25, 0.3) is 0 Å². The summed E-state index contributed by atoms with van der Waals surface area (Å²) >= 11 is 10.2. The number of thiol groups is 1. The number of ether oxygens (including phenoxy) is 1. The van der Waals surface area contributed by atoms with Crippen molar-refractivity contribution >= 4 is 36.0 Å². The van der Waals surface area contributed by atoms with E-state index in [9.17, 15) is 4.79 Å². The molecule has 1 aromatic rings. The minimum absolute atomic E-state index is 0.490. The molecule has 0 aliphatic carbocycles. The number of hydrogen-bond acceptors (Lipinski definition) is 3. The molecule has 18 heavy (non-hydrogen) atoms. The fraction of sp³-hybridized carbons (Fsp3) is 0.462. The van der Waals surface area contributed by atoms with E-state index in [1.54, 1.807) is 6.07 Å². The monoisotopic (exact) mass is 287 g/mol. The molecule has 3 nitrogen and oxygen atoms in total. The van der Waals surface area contributed by atoms with Crippen LogP contribution in [0.25, 0.3) is 0 Å². The van der Waals surface area contributed by atoms with Gasteiger partial charge in [-0.1, -0.05) is 17.7 Å². The molecule has 0 aliphatic rings. The number of anilines is 1. The third-order valence-electron chi connectivity index (χ3n) is 2.07. The molecule has 5 heteroatoms. The molecule has 100 valence electrons. The third kappa shape index (κ3) is 5.19. The van der Waals surface area contributed by atoms with Crippen molar-refractivity contribution in [3.63, 3.8) is 0 Å². The highest BCUT2D eigenvalue weighted by Gasteiger charge is 2.17. The fourth-order valence-corrected chi connectivity index (χ4v) is 1.79. The summed E-state index contributed by atoms with van der Waals surface area (Å²) in [5.74, 6) is 0.744. The SMILES string of the molecule is CC(C)(C)OC(=O)Nc1cc(CCS)ccc1Cl. The predicted molar refractivity (Wildman–Crippen MR) is 78.9 cm³/mol. The number of carbonyl (C=O) groups is 1. The van der Waals surface area contributed by atoms with Gasteiger partial charge in [-0.2, -0.15) is 12.6 Å². The lowest BCUT2D eigenvalue weighted by Gasteiger charge is -2.20. The summed E-state index contributed by atoms with van der Waals surface area (Å²) in [7, 11) is 0. The minimum atomic E-state index is -0.529. The highest BCUT2D eigenvalue weighted by molar-refractivity contribution is 7.80. The Labute approximate surface area is 118 Å². The van der Waals surface area contributed by atoms with Gasteiger partial charge >= 0.3 is 6.09 Å². The zero-order valence-corrected chi connectivity index (χ0v) is 12.4.